The molecule has 0 bridgehead atoms. The van der Waals surface area contributed by atoms with Gasteiger partial charge in [-0.3, -0.25) is 4.79 Å². The zero-order chi connectivity index (χ0) is 19.4. The van der Waals surface area contributed by atoms with Crippen molar-refractivity contribution in [1.29, 1.82) is 0 Å². The topological polar surface area (TPSA) is 68.5 Å². The minimum absolute atomic E-state index is 0.264. The Labute approximate surface area is 153 Å². The van der Waals surface area contributed by atoms with Gasteiger partial charge in [0.2, 0.25) is 0 Å². The first kappa shape index (κ1) is 18.7. The van der Waals surface area contributed by atoms with E-state index in [9.17, 15) is 18.0 Å². The number of hydrogen-bond donors (Lipinski definition) is 1. The minimum atomic E-state index is -4.75. The van der Waals surface area contributed by atoms with Gasteiger partial charge in [-0.05, 0) is 49.6 Å². The molecule has 0 fully saturated rings. The molecule has 9 heteroatoms. The van der Waals surface area contributed by atoms with Crippen LogP contribution in [0.15, 0.2) is 42.7 Å². The van der Waals surface area contributed by atoms with Crippen molar-refractivity contribution in [3.63, 3.8) is 0 Å². The molecule has 3 aromatic rings. The first-order valence-corrected chi connectivity index (χ1v) is 8.25. The lowest BCUT2D eigenvalue weighted by molar-refractivity contribution is -0.274. The number of aromatic nitrogens is 3. The first-order valence-electron chi connectivity index (χ1n) is 8.25. The van der Waals surface area contributed by atoms with Gasteiger partial charge in [0.25, 0.3) is 5.91 Å². The normalized spacial score (nSPS) is 11.6. The van der Waals surface area contributed by atoms with Crippen LogP contribution in [0.2, 0.25) is 0 Å². The van der Waals surface area contributed by atoms with Crippen molar-refractivity contribution in [3.8, 4) is 5.75 Å². The van der Waals surface area contributed by atoms with Crippen molar-refractivity contribution in [2.45, 2.75) is 26.1 Å². The molecule has 6 nitrogen and oxygen atoms in total. The van der Waals surface area contributed by atoms with Crippen LogP contribution >= 0.6 is 0 Å². The second-order valence-corrected chi connectivity index (χ2v) is 5.98. The van der Waals surface area contributed by atoms with Crippen LogP contribution in [0, 0.1) is 6.92 Å². The van der Waals surface area contributed by atoms with E-state index in [4.69, 9.17) is 0 Å². The molecule has 0 unspecified atom stereocenters. The zero-order valence-electron chi connectivity index (χ0n) is 14.5. The molecule has 2 heterocycles. The Bertz CT molecular complexity index is 936. The molecular weight excluding hydrogens is 361 g/mol. The van der Waals surface area contributed by atoms with Gasteiger partial charge in [-0.15, -0.1) is 13.2 Å². The number of halogens is 3. The van der Waals surface area contributed by atoms with Crippen molar-refractivity contribution >= 4 is 11.6 Å². The van der Waals surface area contributed by atoms with E-state index in [-0.39, 0.29) is 17.2 Å². The molecule has 0 aliphatic carbocycles. The summed E-state index contributed by atoms with van der Waals surface area (Å²) in [6, 6.07) is 6.67. The Hall–Kier alpha value is -3.10. The highest BCUT2D eigenvalue weighted by Crippen LogP contribution is 2.22. The summed E-state index contributed by atoms with van der Waals surface area (Å²) in [5.41, 5.74) is 2.93. The van der Waals surface area contributed by atoms with Gasteiger partial charge in [0.05, 0.1) is 5.69 Å². The van der Waals surface area contributed by atoms with Crippen LogP contribution in [0.25, 0.3) is 5.65 Å². The number of carbonyl (C=O) groups excluding carboxylic acids is 1. The summed E-state index contributed by atoms with van der Waals surface area (Å²) >= 11 is 0. The lowest BCUT2D eigenvalue weighted by Crippen LogP contribution is -2.24. The summed E-state index contributed by atoms with van der Waals surface area (Å²) in [6.45, 7) is 2.32. The van der Waals surface area contributed by atoms with Crippen LogP contribution in [0.5, 0.6) is 5.75 Å². The Balaban J connectivity index is 1.47. The molecule has 3 rings (SSSR count). The van der Waals surface area contributed by atoms with E-state index in [1.165, 1.54) is 12.1 Å². The number of carbonyl (C=O) groups is 1. The highest BCUT2D eigenvalue weighted by atomic mass is 19.4. The van der Waals surface area contributed by atoms with Crippen LogP contribution in [0.1, 0.15) is 28.0 Å². The van der Waals surface area contributed by atoms with E-state index in [0.29, 0.717) is 19.4 Å². The highest BCUT2D eigenvalue weighted by Gasteiger charge is 2.31. The quantitative estimate of drug-likeness (QED) is 0.669. The van der Waals surface area contributed by atoms with Gasteiger partial charge in [-0.1, -0.05) is 0 Å². The van der Waals surface area contributed by atoms with Gasteiger partial charge in [0.1, 0.15) is 5.75 Å². The van der Waals surface area contributed by atoms with E-state index < -0.39 is 6.36 Å². The van der Waals surface area contributed by atoms with E-state index in [2.05, 4.69) is 20.1 Å². The maximum absolute atomic E-state index is 12.1. The number of alkyl halides is 3. The fourth-order valence-corrected chi connectivity index (χ4v) is 2.57. The van der Waals surface area contributed by atoms with Crippen molar-refractivity contribution in [2.75, 3.05) is 6.54 Å². The van der Waals surface area contributed by atoms with Crippen LogP contribution in [0.4, 0.5) is 13.2 Å². The van der Waals surface area contributed by atoms with Gasteiger partial charge in [-0.2, -0.15) is 5.10 Å². The zero-order valence-corrected chi connectivity index (χ0v) is 14.5. The molecule has 1 aromatic carbocycles. The van der Waals surface area contributed by atoms with Crippen molar-refractivity contribution in [1.82, 2.24) is 19.9 Å². The first-order chi connectivity index (χ1) is 12.8. The summed E-state index contributed by atoms with van der Waals surface area (Å²) in [5, 5.41) is 7.04. The van der Waals surface area contributed by atoms with Crippen LogP contribution in [-0.4, -0.2) is 33.4 Å². The summed E-state index contributed by atoms with van der Waals surface area (Å²) in [5.74, 6) is -0.722. The van der Waals surface area contributed by atoms with Gasteiger partial charge in [-0.25, -0.2) is 9.50 Å². The molecule has 0 atom stereocenters. The summed E-state index contributed by atoms with van der Waals surface area (Å²) in [4.78, 5) is 16.3. The number of fused-ring (bicyclic) bond motifs is 1. The highest BCUT2D eigenvalue weighted by molar-refractivity contribution is 5.94. The largest absolute Gasteiger partial charge is 0.573 e. The number of amides is 1. The molecule has 0 spiro atoms. The average Bonchev–Trinajstić information content (AvgIpc) is 2.97. The molecule has 1 amide bonds. The van der Waals surface area contributed by atoms with Gasteiger partial charge in [0.15, 0.2) is 5.65 Å². The predicted molar refractivity (Wildman–Crippen MR) is 91.5 cm³/mol. The number of benzene rings is 1. The van der Waals surface area contributed by atoms with Crippen LogP contribution in [-0.2, 0) is 6.42 Å². The van der Waals surface area contributed by atoms with Gasteiger partial charge >= 0.3 is 6.36 Å². The number of ether oxygens (including phenoxy) is 1. The number of aryl methyl sites for hydroxylation is 2. The third-order valence-corrected chi connectivity index (χ3v) is 3.77. The summed E-state index contributed by atoms with van der Waals surface area (Å²) < 4.78 is 41.9. The molecule has 0 aliphatic heterocycles. The Morgan fingerprint density at radius 2 is 2.00 bits per heavy atom. The molecule has 0 radical (unpaired) electrons. The average molecular weight is 378 g/mol. The maximum Gasteiger partial charge on any atom is 0.573 e. The van der Waals surface area contributed by atoms with Crippen molar-refractivity contribution < 1.29 is 22.7 Å². The summed E-state index contributed by atoms with van der Waals surface area (Å²) in [6.07, 6.45) is 0.319. The Morgan fingerprint density at radius 3 is 2.70 bits per heavy atom. The van der Waals surface area contributed by atoms with E-state index >= 15 is 0 Å². The lowest BCUT2D eigenvalue weighted by Gasteiger charge is -2.09. The van der Waals surface area contributed by atoms with E-state index in [1.54, 1.807) is 10.7 Å². The Kier molecular flexibility index (Phi) is 5.29. The van der Waals surface area contributed by atoms with Crippen LogP contribution in [0.3, 0.4) is 0 Å². The fourth-order valence-electron chi connectivity index (χ4n) is 2.57. The molecule has 0 aliphatic rings. The molecule has 0 saturated carbocycles. The smallest absolute Gasteiger partial charge is 0.406 e. The molecule has 0 saturated heterocycles. The molecule has 1 N–H and O–H groups in total. The predicted octanol–water partition coefficient (Wildman–Crippen LogP) is 3.30. The second-order valence-electron chi connectivity index (χ2n) is 5.98. The van der Waals surface area contributed by atoms with Gasteiger partial charge in [0, 0.05) is 30.6 Å². The SMILES string of the molecule is Cc1cc2ncc(CCCNC(=O)c3ccc(OC(F)(F)F)cc3)cn2n1. The number of hydrogen-bond acceptors (Lipinski definition) is 4. The number of nitrogens with one attached hydrogen (secondary N) is 1. The number of nitrogens with zero attached hydrogens (tertiary/aromatic N) is 3. The lowest BCUT2D eigenvalue weighted by atomic mass is 10.1. The van der Waals surface area contributed by atoms with Crippen molar-refractivity contribution in [2.24, 2.45) is 0 Å². The van der Waals surface area contributed by atoms with E-state index in [1.807, 2.05) is 19.2 Å². The standard InChI is InChI=1S/C18H17F3N4O2/c1-12-9-16-23-10-13(11-25(16)24-12)3-2-8-22-17(26)14-4-6-15(7-5-14)27-18(19,20)21/h4-7,9-11H,2-3,8H2,1H3,(H,22,26). The molecule has 2 aromatic heterocycles. The maximum atomic E-state index is 12.1. The van der Waals surface area contributed by atoms with Gasteiger partial charge < -0.3 is 10.1 Å². The molecule has 142 valence electrons. The molecule has 27 heavy (non-hydrogen) atoms. The third-order valence-electron chi connectivity index (χ3n) is 3.77. The van der Waals surface area contributed by atoms with Crippen LogP contribution < -0.4 is 10.1 Å². The molecular formula is C18H17F3N4O2. The minimum Gasteiger partial charge on any atom is -0.406 e. The number of rotatable bonds is 6. The van der Waals surface area contributed by atoms with E-state index in [0.717, 1.165) is 29.0 Å². The monoisotopic (exact) mass is 378 g/mol. The second kappa shape index (κ2) is 7.65. The van der Waals surface area contributed by atoms with Crippen molar-refractivity contribution in [3.05, 3.63) is 59.5 Å². The Morgan fingerprint density at radius 1 is 1.26 bits per heavy atom. The fraction of sp³-hybridized carbons (Fsp3) is 0.278. The summed E-state index contributed by atoms with van der Waals surface area (Å²) in [7, 11) is 0. The third kappa shape index (κ3) is 5.19.